The average molecular weight is 243 g/mol. The summed E-state index contributed by atoms with van der Waals surface area (Å²) in [4.78, 5) is 13.5. The van der Waals surface area contributed by atoms with Crippen molar-refractivity contribution in [2.45, 2.75) is 0 Å². The fourth-order valence-corrected chi connectivity index (χ4v) is 1.34. The highest BCUT2D eigenvalue weighted by Gasteiger charge is 2.12. The summed E-state index contributed by atoms with van der Waals surface area (Å²) >= 11 is 5.78. The minimum Gasteiger partial charge on any atom is -0.398 e. The first-order valence-electron chi connectivity index (χ1n) is 4.85. The van der Waals surface area contributed by atoms with E-state index in [9.17, 15) is 4.79 Å². The Kier molecular flexibility index (Phi) is 4.58. The van der Waals surface area contributed by atoms with Crippen LogP contribution in [0.4, 0.5) is 5.69 Å². The number of amides is 1. The van der Waals surface area contributed by atoms with Crippen molar-refractivity contribution in [3.8, 4) is 0 Å². The Morgan fingerprint density at radius 3 is 2.81 bits per heavy atom. The molecule has 0 aliphatic carbocycles. The Labute approximate surface area is 99.9 Å². The van der Waals surface area contributed by atoms with Gasteiger partial charge in [0.15, 0.2) is 0 Å². The lowest BCUT2D eigenvalue weighted by molar-refractivity contribution is 0.0744. The van der Waals surface area contributed by atoms with E-state index in [0.717, 1.165) is 0 Å². The smallest absolute Gasteiger partial charge is 0.253 e. The van der Waals surface area contributed by atoms with Gasteiger partial charge in [0.1, 0.15) is 0 Å². The second kappa shape index (κ2) is 5.72. The van der Waals surface area contributed by atoms with Crippen molar-refractivity contribution < 1.29 is 9.53 Å². The monoisotopic (exact) mass is 242 g/mol. The lowest BCUT2D eigenvalue weighted by Crippen LogP contribution is -2.29. The average Bonchev–Trinajstić information content (AvgIpc) is 2.28. The van der Waals surface area contributed by atoms with Crippen LogP contribution in [0.3, 0.4) is 0 Å². The Balaban J connectivity index is 2.76. The topological polar surface area (TPSA) is 55.6 Å². The quantitative estimate of drug-likeness (QED) is 0.817. The molecule has 2 N–H and O–H groups in total. The van der Waals surface area contributed by atoms with E-state index in [1.54, 1.807) is 37.3 Å². The van der Waals surface area contributed by atoms with E-state index in [1.165, 1.54) is 0 Å². The van der Waals surface area contributed by atoms with Gasteiger partial charge in [0.2, 0.25) is 0 Å². The molecule has 0 atom stereocenters. The SMILES string of the molecule is COCCN(C)C(=O)c1ccc(Cl)c(N)c1. The van der Waals surface area contributed by atoms with Crippen LogP contribution in [0.15, 0.2) is 18.2 Å². The number of nitrogens with zero attached hydrogens (tertiary/aromatic N) is 1. The number of halogens is 1. The largest absolute Gasteiger partial charge is 0.398 e. The van der Waals surface area contributed by atoms with E-state index in [-0.39, 0.29) is 5.91 Å². The fraction of sp³-hybridized carbons (Fsp3) is 0.364. The summed E-state index contributed by atoms with van der Waals surface area (Å²) in [7, 11) is 3.31. The van der Waals surface area contributed by atoms with Crippen molar-refractivity contribution in [2.24, 2.45) is 0 Å². The third-order valence-corrected chi connectivity index (χ3v) is 2.56. The number of benzene rings is 1. The first kappa shape index (κ1) is 12.8. The summed E-state index contributed by atoms with van der Waals surface area (Å²) < 4.78 is 4.90. The fourth-order valence-electron chi connectivity index (χ4n) is 1.23. The van der Waals surface area contributed by atoms with Gasteiger partial charge in [-0.2, -0.15) is 0 Å². The number of hydrogen-bond acceptors (Lipinski definition) is 3. The number of anilines is 1. The molecule has 1 amide bonds. The van der Waals surface area contributed by atoms with Gasteiger partial charge in [-0.3, -0.25) is 4.79 Å². The number of nitrogen functional groups attached to an aromatic ring is 1. The van der Waals surface area contributed by atoms with E-state index < -0.39 is 0 Å². The zero-order chi connectivity index (χ0) is 12.1. The lowest BCUT2D eigenvalue weighted by Gasteiger charge is -2.16. The Hall–Kier alpha value is -1.26. The molecule has 5 heteroatoms. The second-order valence-electron chi connectivity index (χ2n) is 3.46. The van der Waals surface area contributed by atoms with E-state index >= 15 is 0 Å². The summed E-state index contributed by atoms with van der Waals surface area (Å²) in [6.45, 7) is 1.04. The second-order valence-corrected chi connectivity index (χ2v) is 3.86. The molecular weight excluding hydrogens is 228 g/mol. The number of methoxy groups -OCH3 is 1. The molecule has 0 unspecified atom stereocenters. The van der Waals surface area contributed by atoms with Gasteiger partial charge in [0.05, 0.1) is 17.3 Å². The molecule has 1 aromatic rings. The van der Waals surface area contributed by atoms with Crippen molar-refractivity contribution in [3.63, 3.8) is 0 Å². The normalized spacial score (nSPS) is 10.2. The number of carbonyl (C=O) groups is 1. The molecule has 4 nitrogen and oxygen atoms in total. The number of nitrogens with two attached hydrogens (primary N) is 1. The van der Waals surface area contributed by atoms with Crippen LogP contribution in [-0.4, -0.2) is 38.1 Å². The Morgan fingerprint density at radius 2 is 2.25 bits per heavy atom. The van der Waals surface area contributed by atoms with Crippen molar-refractivity contribution in [3.05, 3.63) is 28.8 Å². The van der Waals surface area contributed by atoms with Gasteiger partial charge >= 0.3 is 0 Å². The predicted molar refractivity (Wildman–Crippen MR) is 64.7 cm³/mol. The molecular formula is C11H15ClN2O2. The number of likely N-dealkylation sites (N-methyl/N-ethyl adjacent to an activating group) is 1. The van der Waals surface area contributed by atoms with Gasteiger partial charge in [0.25, 0.3) is 5.91 Å². The third kappa shape index (κ3) is 3.12. The summed E-state index contributed by atoms with van der Waals surface area (Å²) in [5, 5.41) is 0.455. The Morgan fingerprint density at radius 1 is 1.56 bits per heavy atom. The van der Waals surface area contributed by atoms with Crippen molar-refractivity contribution >= 4 is 23.2 Å². The molecule has 0 aliphatic heterocycles. The van der Waals surface area contributed by atoms with Gasteiger partial charge in [-0.1, -0.05) is 11.6 Å². The van der Waals surface area contributed by atoms with Crippen LogP contribution in [0.25, 0.3) is 0 Å². The zero-order valence-corrected chi connectivity index (χ0v) is 10.1. The molecule has 0 saturated heterocycles. The molecule has 0 aromatic heterocycles. The highest BCUT2D eigenvalue weighted by molar-refractivity contribution is 6.33. The van der Waals surface area contributed by atoms with Crippen molar-refractivity contribution in [2.75, 3.05) is 33.0 Å². The van der Waals surface area contributed by atoms with Crippen molar-refractivity contribution in [1.82, 2.24) is 4.90 Å². The third-order valence-electron chi connectivity index (χ3n) is 2.22. The highest BCUT2D eigenvalue weighted by atomic mass is 35.5. The molecule has 0 bridgehead atoms. The first-order valence-corrected chi connectivity index (χ1v) is 5.23. The molecule has 16 heavy (non-hydrogen) atoms. The minimum absolute atomic E-state index is 0.0968. The summed E-state index contributed by atoms with van der Waals surface area (Å²) in [6, 6.07) is 4.85. The molecule has 0 heterocycles. The van der Waals surface area contributed by atoms with Crippen LogP contribution in [0.5, 0.6) is 0 Å². The maximum atomic E-state index is 11.9. The molecule has 0 saturated carbocycles. The standard InChI is InChI=1S/C11H15ClN2O2/c1-14(5-6-16-2)11(15)8-3-4-9(12)10(13)7-8/h3-4,7H,5-6,13H2,1-2H3. The molecule has 0 radical (unpaired) electrons. The molecule has 1 rings (SSSR count). The molecule has 0 fully saturated rings. The number of hydrogen-bond donors (Lipinski definition) is 1. The van der Waals surface area contributed by atoms with Gasteiger partial charge < -0.3 is 15.4 Å². The van der Waals surface area contributed by atoms with Crippen molar-refractivity contribution in [1.29, 1.82) is 0 Å². The summed E-state index contributed by atoms with van der Waals surface area (Å²) in [5.74, 6) is -0.0968. The van der Waals surface area contributed by atoms with Crippen LogP contribution in [0, 0.1) is 0 Å². The van der Waals surface area contributed by atoms with E-state index in [2.05, 4.69) is 0 Å². The minimum atomic E-state index is -0.0968. The van der Waals surface area contributed by atoms with Gasteiger partial charge in [-0.05, 0) is 18.2 Å². The number of carbonyl (C=O) groups excluding carboxylic acids is 1. The predicted octanol–water partition coefficient (Wildman–Crippen LogP) is 1.64. The number of rotatable bonds is 4. The van der Waals surface area contributed by atoms with Crippen LogP contribution in [0.2, 0.25) is 5.02 Å². The summed E-state index contributed by atoms with van der Waals surface area (Å²) in [6.07, 6.45) is 0. The maximum Gasteiger partial charge on any atom is 0.253 e. The van der Waals surface area contributed by atoms with Gasteiger partial charge in [-0.25, -0.2) is 0 Å². The van der Waals surface area contributed by atoms with E-state index in [4.69, 9.17) is 22.1 Å². The van der Waals surface area contributed by atoms with E-state index in [0.29, 0.717) is 29.4 Å². The molecule has 1 aromatic carbocycles. The van der Waals surface area contributed by atoms with Crippen LogP contribution in [-0.2, 0) is 4.74 Å². The molecule has 0 aliphatic rings. The summed E-state index contributed by atoms with van der Waals surface area (Å²) in [5.41, 5.74) is 6.57. The first-order chi connectivity index (χ1) is 7.56. The van der Waals surface area contributed by atoms with E-state index in [1.807, 2.05) is 0 Å². The highest BCUT2D eigenvalue weighted by Crippen LogP contribution is 2.20. The molecule has 88 valence electrons. The zero-order valence-electron chi connectivity index (χ0n) is 9.37. The Bertz CT molecular complexity index is 382. The van der Waals surface area contributed by atoms with Crippen LogP contribution in [0.1, 0.15) is 10.4 Å². The molecule has 0 spiro atoms. The number of ether oxygens (including phenoxy) is 1. The van der Waals surface area contributed by atoms with Crippen LogP contribution < -0.4 is 5.73 Å². The van der Waals surface area contributed by atoms with Crippen LogP contribution >= 0.6 is 11.6 Å². The van der Waals surface area contributed by atoms with Gasteiger partial charge in [0, 0.05) is 26.3 Å². The van der Waals surface area contributed by atoms with Gasteiger partial charge in [-0.15, -0.1) is 0 Å². The lowest BCUT2D eigenvalue weighted by atomic mass is 10.2. The maximum absolute atomic E-state index is 11.9.